The van der Waals surface area contributed by atoms with Crippen molar-refractivity contribution in [1.29, 1.82) is 0 Å². The van der Waals surface area contributed by atoms with Crippen LogP contribution in [0.1, 0.15) is 79.0 Å². The molecule has 316 valence electrons. The number of likely N-dealkylation sites (tertiary alicyclic amines) is 2. The number of aromatic amines is 2. The van der Waals surface area contributed by atoms with E-state index in [0.29, 0.717) is 12.4 Å². The van der Waals surface area contributed by atoms with Gasteiger partial charge in [0.05, 0.1) is 35.9 Å². The fraction of sp³-hybridized carbons (Fsp3) is 0.292. The number of carbonyl (C=O) groups excluding carboxylic acids is 4. The van der Waals surface area contributed by atoms with E-state index in [1.807, 2.05) is 82.9 Å². The Kier molecular flexibility index (Phi) is 11.3. The maximum atomic E-state index is 14.3. The molecule has 14 nitrogen and oxygen atoms in total. The van der Waals surface area contributed by atoms with Gasteiger partial charge in [-0.15, -0.1) is 0 Å². The zero-order valence-electron chi connectivity index (χ0n) is 34.7. The molecule has 0 radical (unpaired) electrons. The Morgan fingerprint density at radius 2 is 1.11 bits per heavy atom. The third-order valence-corrected chi connectivity index (χ3v) is 12.7. The number of benzene rings is 4. The molecular formula is C48H50N10O4. The number of H-pyrrole nitrogens is 2. The summed E-state index contributed by atoms with van der Waals surface area (Å²) in [4.78, 5) is 73.5. The molecule has 2 saturated heterocycles. The summed E-state index contributed by atoms with van der Waals surface area (Å²) in [5, 5.41) is 10.9. The number of fused-ring (bicyclic) bond motifs is 2. The highest BCUT2D eigenvalue weighted by molar-refractivity contribution is 5.90. The number of nitrogens with one attached hydrogen (secondary N) is 6. The number of nitrogens with zero attached hydrogens (tertiary/aromatic N) is 4. The predicted molar refractivity (Wildman–Crippen MR) is 235 cm³/mol. The van der Waals surface area contributed by atoms with Crippen molar-refractivity contribution in [2.24, 2.45) is 5.92 Å². The van der Waals surface area contributed by atoms with Crippen LogP contribution in [0.2, 0.25) is 0 Å². The molecule has 6 amide bonds. The van der Waals surface area contributed by atoms with E-state index >= 15 is 0 Å². The fourth-order valence-electron chi connectivity index (χ4n) is 9.53. The molecule has 6 atom stereocenters. The van der Waals surface area contributed by atoms with Gasteiger partial charge in [-0.2, -0.15) is 0 Å². The number of piperidine rings is 1. The Bertz CT molecular complexity index is 2540. The zero-order valence-corrected chi connectivity index (χ0v) is 34.7. The molecule has 1 aliphatic carbocycles. The first kappa shape index (κ1) is 40.2. The molecular weight excluding hydrogens is 781 g/mol. The van der Waals surface area contributed by atoms with E-state index in [-0.39, 0.29) is 35.9 Å². The van der Waals surface area contributed by atoms with Gasteiger partial charge in [0.2, 0.25) is 5.91 Å². The molecule has 2 aliphatic heterocycles. The average Bonchev–Trinajstić information content (AvgIpc) is 4.19. The normalized spacial score (nSPS) is 20.1. The number of urea groups is 2. The molecule has 0 unspecified atom stereocenters. The molecule has 3 aliphatic rings. The highest BCUT2D eigenvalue weighted by Gasteiger charge is 2.51. The zero-order chi connectivity index (χ0) is 42.7. The van der Waals surface area contributed by atoms with E-state index in [0.717, 1.165) is 82.7 Å². The van der Waals surface area contributed by atoms with Crippen molar-refractivity contribution in [3.63, 3.8) is 0 Å². The summed E-state index contributed by atoms with van der Waals surface area (Å²) in [6.45, 7) is 0.573. The second-order valence-corrected chi connectivity index (χ2v) is 16.3. The Hall–Kier alpha value is -7.22. The summed E-state index contributed by atoms with van der Waals surface area (Å²) in [5.41, 5.74) is 7.26. The van der Waals surface area contributed by atoms with Crippen molar-refractivity contribution in [1.82, 2.24) is 51.0 Å². The van der Waals surface area contributed by atoms with E-state index in [9.17, 15) is 19.2 Å². The number of hydrogen-bond donors (Lipinski definition) is 6. The molecule has 2 aromatic heterocycles. The minimum absolute atomic E-state index is 0.0939. The van der Waals surface area contributed by atoms with E-state index in [4.69, 9.17) is 9.97 Å². The topological polar surface area (TPSA) is 180 Å². The maximum Gasteiger partial charge on any atom is 0.315 e. The van der Waals surface area contributed by atoms with E-state index in [1.54, 1.807) is 7.05 Å². The third-order valence-electron chi connectivity index (χ3n) is 12.7. The van der Waals surface area contributed by atoms with Crippen molar-refractivity contribution in [2.75, 3.05) is 20.6 Å². The number of imidazole rings is 2. The van der Waals surface area contributed by atoms with E-state index in [1.165, 1.54) is 7.05 Å². The van der Waals surface area contributed by atoms with Crippen LogP contribution < -0.4 is 21.3 Å². The van der Waals surface area contributed by atoms with E-state index < -0.39 is 24.1 Å². The molecule has 2 bridgehead atoms. The Labute approximate surface area is 359 Å². The van der Waals surface area contributed by atoms with Gasteiger partial charge < -0.3 is 41.0 Å². The van der Waals surface area contributed by atoms with E-state index in [2.05, 4.69) is 79.8 Å². The maximum absolute atomic E-state index is 14.3. The second kappa shape index (κ2) is 17.4. The molecule has 14 heteroatoms. The Balaban J connectivity index is 0.877. The summed E-state index contributed by atoms with van der Waals surface area (Å²) in [6, 6.07) is 32.5. The standard InChI is InChI=1S/C48H50N10O4/c1-49-47(61)55-40(33-10-5-3-6-11-33)45(59)57-25-9-14-39(57)43-51-27-37(53-43)31-19-15-29(16-20-31)30-17-21-32(22-18-30)38-28-52-44(54-38)42-35-23-24-36(26-35)58(42)46(60)41(56-48(62)50-2)34-12-7-4-8-13-34/h3-8,10-13,15-22,27-28,35-36,39-42H,9,14,23-26H2,1-2H3,(H,51,53)(H,52,54)(H2,49,55,61)(H2,50,56,62)/t35-,36-,39-,40+,41-,42+/m0/s1. The lowest BCUT2D eigenvalue weighted by molar-refractivity contribution is -0.138. The minimum atomic E-state index is -0.820. The quantitative estimate of drug-likeness (QED) is 0.0805. The predicted octanol–water partition coefficient (Wildman–Crippen LogP) is 7.19. The lowest BCUT2D eigenvalue weighted by Crippen LogP contribution is -2.49. The van der Waals surface area contributed by atoms with Gasteiger partial charge in [-0.25, -0.2) is 19.6 Å². The Morgan fingerprint density at radius 1 is 0.613 bits per heavy atom. The molecule has 3 fully saturated rings. The van der Waals surface area contributed by atoms with Crippen molar-refractivity contribution < 1.29 is 19.2 Å². The fourth-order valence-corrected chi connectivity index (χ4v) is 9.53. The number of amides is 6. The number of carbonyl (C=O) groups is 4. The molecule has 9 rings (SSSR count). The highest BCUT2D eigenvalue weighted by Crippen LogP contribution is 2.50. The van der Waals surface area contributed by atoms with Crippen molar-refractivity contribution in [3.05, 3.63) is 144 Å². The summed E-state index contributed by atoms with van der Waals surface area (Å²) in [6.07, 6.45) is 8.13. The first-order valence-corrected chi connectivity index (χ1v) is 21.3. The molecule has 62 heavy (non-hydrogen) atoms. The van der Waals surface area contributed by atoms with Gasteiger partial charge in [-0.1, -0.05) is 109 Å². The van der Waals surface area contributed by atoms with Crippen molar-refractivity contribution >= 4 is 23.9 Å². The number of aromatic nitrogens is 4. The molecule has 1 saturated carbocycles. The van der Waals surface area contributed by atoms with Crippen LogP contribution in [0.15, 0.2) is 122 Å². The molecule has 6 aromatic rings. The molecule has 4 heterocycles. The Morgan fingerprint density at radius 3 is 1.66 bits per heavy atom. The van der Waals surface area contributed by atoms with Gasteiger partial charge in [-0.05, 0) is 71.4 Å². The number of hydrogen-bond acceptors (Lipinski definition) is 6. The lowest BCUT2D eigenvalue weighted by atomic mass is 9.96. The second-order valence-electron chi connectivity index (χ2n) is 16.3. The van der Waals surface area contributed by atoms with Gasteiger partial charge in [0, 0.05) is 26.7 Å². The smallest absolute Gasteiger partial charge is 0.315 e. The van der Waals surface area contributed by atoms with Gasteiger partial charge in [-0.3, -0.25) is 9.59 Å². The molecule has 6 N–H and O–H groups in total. The van der Waals surface area contributed by atoms with Crippen molar-refractivity contribution in [2.45, 2.75) is 62.3 Å². The van der Waals surface area contributed by atoms with Crippen molar-refractivity contribution in [3.8, 4) is 33.6 Å². The van der Waals surface area contributed by atoms with Gasteiger partial charge in [0.1, 0.15) is 23.7 Å². The SMILES string of the molecule is CNC(=O)N[C@H](C(=O)N1[C@H]2CC[C@@H](C2)[C@@H]1c1ncc(-c2ccc(-c3ccc(-c4cnc([C@@H]5CCCN5C(=O)[C@H](NC(=O)NC)c5ccccc5)[nH]4)cc3)cc2)[nH]1)c1ccccc1. The first-order chi connectivity index (χ1) is 30.3. The molecule has 4 aromatic carbocycles. The van der Waals surface area contributed by atoms with Crippen LogP contribution in [0.5, 0.6) is 0 Å². The van der Waals surface area contributed by atoms with Crippen LogP contribution in [-0.2, 0) is 9.59 Å². The lowest BCUT2D eigenvalue weighted by Gasteiger charge is -2.36. The summed E-state index contributed by atoms with van der Waals surface area (Å²) in [7, 11) is 3.08. The summed E-state index contributed by atoms with van der Waals surface area (Å²) < 4.78 is 0. The van der Waals surface area contributed by atoms with Gasteiger partial charge in [0.15, 0.2) is 0 Å². The largest absolute Gasteiger partial charge is 0.341 e. The van der Waals surface area contributed by atoms with Gasteiger partial charge in [0.25, 0.3) is 5.91 Å². The van der Waals surface area contributed by atoms with Gasteiger partial charge >= 0.3 is 12.1 Å². The highest BCUT2D eigenvalue weighted by atomic mass is 16.2. The minimum Gasteiger partial charge on any atom is -0.341 e. The summed E-state index contributed by atoms with van der Waals surface area (Å²) >= 11 is 0. The van der Waals surface area contributed by atoms with Crippen LogP contribution in [-0.4, -0.2) is 80.3 Å². The first-order valence-electron chi connectivity index (χ1n) is 21.3. The van der Waals surface area contributed by atoms with Crippen LogP contribution in [0.3, 0.4) is 0 Å². The van der Waals surface area contributed by atoms with Crippen LogP contribution in [0, 0.1) is 5.92 Å². The third kappa shape index (κ3) is 7.91. The van der Waals surface area contributed by atoms with Crippen LogP contribution in [0.25, 0.3) is 33.6 Å². The van der Waals surface area contributed by atoms with Crippen LogP contribution >= 0.6 is 0 Å². The van der Waals surface area contributed by atoms with Crippen LogP contribution in [0.4, 0.5) is 9.59 Å². The average molecular weight is 831 g/mol. The number of rotatable bonds is 11. The summed E-state index contributed by atoms with van der Waals surface area (Å²) in [5.74, 6) is 1.46. The monoisotopic (exact) mass is 830 g/mol. The molecule has 0 spiro atoms.